The average Bonchev–Trinajstić information content (AvgIpc) is 2.91. The van der Waals surface area contributed by atoms with Crippen molar-refractivity contribution < 1.29 is 49.3 Å². The highest BCUT2D eigenvalue weighted by molar-refractivity contribution is 6.61. The van der Waals surface area contributed by atoms with Crippen molar-refractivity contribution in [2.45, 2.75) is 36.6 Å². The number of ether oxygens (including phenoxy) is 2. The molecular weight excluding hydrogens is 551 g/mol. The van der Waals surface area contributed by atoms with Gasteiger partial charge in [0.15, 0.2) is 0 Å². The lowest BCUT2D eigenvalue weighted by molar-refractivity contribution is -0.149. The summed E-state index contributed by atoms with van der Waals surface area (Å²) in [6.45, 7) is 8.96. The van der Waals surface area contributed by atoms with E-state index in [2.05, 4.69) is 11.5 Å². The third-order valence-electron chi connectivity index (χ3n) is 6.88. The molecule has 3 saturated heterocycles. The van der Waals surface area contributed by atoms with Gasteiger partial charge in [-0.15, -0.1) is 6.58 Å². The van der Waals surface area contributed by atoms with Crippen LogP contribution >= 0.6 is 0 Å². The van der Waals surface area contributed by atoms with Crippen molar-refractivity contribution in [3.63, 3.8) is 0 Å². The Balaban J connectivity index is 2.08. The molecule has 0 saturated carbocycles. The molecule has 0 spiro atoms. The van der Waals surface area contributed by atoms with Crippen LogP contribution in [0.2, 0.25) is 18.1 Å². The molecule has 3 aliphatic heterocycles. The van der Waals surface area contributed by atoms with Gasteiger partial charge in [0.2, 0.25) is 0 Å². The summed E-state index contributed by atoms with van der Waals surface area (Å²) in [5, 5.41) is 0. The van der Waals surface area contributed by atoms with Gasteiger partial charge in [-0.2, -0.15) is 0 Å². The Morgan fingerprint density at radius 1 is 0.789 bits per heavy atom. The van der Waals surface area contributed by atoms with E-state index >= 15 is 0 Å². The molecule has 3 fully saturated rings. The number of fused-ring (bicyclic) bond motifs is 6. The van der Waals surface area contributed by atoms with Gasteiger partial charge < -0.3 is 49.3 Å². The van der Waals surface area contributed by atoms with E-state index in [1.807, 2.05) is 6.08 Å². The third-order valence-corrected chi connectivity index (χ3v) is 15.4. The van der Waals surface area contributed by atoms with E-state index in [9.17, 15) is 0 Å². The van der Waals surface area contributed by atoms with E-state index in [-0.39, 0.29) is 0 Å². The van der Waals surface area contributed by atoms with Gasteiger partial charge in [-0.1, -0.05) is 6.08 Å². The van der Waals surface area contributed by atoms with Crippen molar-refractivity contribution >= 4 is 26.4 Å². The Labute approximate surface area is 231 Å². The monoisotopic (exact) mass is 599 g/mol. The molecule has 3 heterocycles. The van der Waals surface area contributed by atoms with Gasteiger partial charge in [-0.3, -0.25) is 4.90 Å². The molecule has 0 aromatic heterocycles. The Morgan fingerprint density at radius 3 is 1.63 bits per heavy atom. The second kappa shape index (κ2) is 17.0. The summed E-state index contributed by atoms with van der Waals surface area (Å²) in [5.41, 5.74) is -0.757. The molecule has 15 heteroatoms. The SMILES string of the molecule is C=CC[Si]12OCCN(CCO1)CC(COCCC[Si](OC)(OC)OC)(COCCC[Si](OC)(OC)OC)O2. The lowest BCUT2D eigenvalue weighted by Crippen LogP contribution is -2.65. The highest BCUT2D eigenvalue weighted by atomic mass is 28.4. The molecule has 38 heavy (non-hydrogen) atoms. The van der Waals surface area contributed by atoms with Crippen LogP contribution in [0.15, 0.2) is 12.7 Å². The number of hydrogen-bond donors (Lipinski definition) is 0. The molecule has 3 aliphatic rings. The molecule has 0 aromatic rings. The van der Waals surface area contributed by atoms with E-state index in [0.29, 0.717) is 64.3 Å². The topological polar surface area (TPSA) is 105 Å². The third kappa shape index (κ3) is 9.78. The van der Waals surface area contributed by atoms with Crippen LogP contribution in [0.5, 0.6) is 0 Å². The van der Waals surface area contributed by atoms with Crippen LogP contribution in [0.25, 0.3) is 0 Å². The first kappa shape index (κ1) is 34.1. The fraction of sp³-hybridized carbons (Fsp3) is 0.913. The minimum absolute atomic E-state index is 0.330. The second-order valence-corrected chi connectivity index (χ2v) is 18.1. The van der Waals surface area contributed by atoms with E-state index in [4.69, 9.17) is 49.3 Å². The van der Waals surface area contributed by atoms with Crippen molar-refractivity contribution in [1.29, 1.82) is 0 Å². The van der Waals surface area contributed by atoms with Crippen LogP contribution in [0.4, 0.5) is 0 Å². The number of allylic oxidation sites excluding steroid dienone is 1. The molecule has 0 radical (unpaired) electrons. The predicted octanol–water partition coefficient (Wildman–Crippen LogP) is 1.80. The maximum absolute atomic E-state index is 6.80. The zero-order valence-electron chi connectivity index (χ0n) is 24.1. The van der Waals surface area contributed by atoms with Crippen LogP contribution in [-0.2, 0) is 49.3 Å². The molecule has 12 nitrogen and oxygen atoms in total. The number of rotatable bonds is 20. The van der Waals surface area contributed by atoms with E-state index in [1.54, 1.807) is 42.7 Å². The Kier molecular flexibility index (Phi) is 15.3. The molecule has 0 aromatic carbocycles. The van der Waals surface area contributed by atoms with Crippen molar-refractivity contribution in [3.8, 4) is 0 Å². The normalized spacial score (nSPS) is 24.1. The van der Waals surface area contributed by atoms with Crippen molar-refractivity contribution in [1.82, 2.24) is 4.90 Å². The van der Waals surface area contributed by atoms with Crippen LogP contribution in [-0.4, -0.2) is 139 Å². The van der Waals surface area contributed by atoms with E-state index < -0.39 is 32.0 Å². The standard InChI is InChI=1S/C23H49NO11Si3/c1-8-17-38-33-15-11-24(12-16-34-38)20-23(35-38,21-31-13-9-18-36(25-2,26-3)27-4)22-32-14-10-19-37(28-5,29-6)30-7/h8H,1,9-22H2,2-7H3. The molecule has 0 N–H and O–H groups in total. The largest absolute Gasteiger partial charge is 0.505 e. The maximum atomic E-state index is 6.80. The first-order valence-corrected chi connectivity index (χ1v) is 18.9. The summed E-state index contributed by atoms with van der Waals surface area (Å²) >= 11 is 0. The fourth-order valence-corrected chi connectivity index (χ4v) is 10.6. The highest BCUT2D eigenvalue weighted by Crippen LogP contribution is 2.30. The van der Waals surface area contributed by atoms with Crippen molar-refractivity contribution in [3.05, 3.63) is 12.7 Å². The number of hydrogen-bond acceptors (Lipinski definition) is 12. The summed E-state index contributed by atoms with van der Waals surface area (Å²) in [6, 6.07) is 1.83. The lowest BCUT2D eigenvalue weighted by Gasteiger charge is -2.47. The lowest BCUT2D eigenvalue weighted by atomic mass is 10.1. The van der Waals surface area contributed by atoms with Gasteiger partial charge in [0.25, 0.3) is 0 Å². The zero-order chi connectivity index (χ0) is 28.0. The molecule has 224 valence electrons. The number of nitrogens with zero attached hydrogens (tertiary/aromatic N) is 1. The fourth-order valence-electron chi connectivity index (χ4n) is 4.74. The van der Waals surface area contributed by atoms with Crippen LogP contribution < -0.4 is 0 Å². The second-order valence-electron chi connectivity index (χ2n) is 9.34. The van der Waals surface area contributed by atoms with Crippen LogP contribution in [0.1, 0.15) is 12.8 Å². The summed E-state index contributed by atoms with van der Waals surface area (Å²) in [6.07, 6.45) is 3.26. The van der Waals surface area contributed by atoms with Gasteiger partial charge in [0, 0.05) is 93.6 Å². The Morgan fingerprint density at radius 2 is 1.24 bits per heavy atom. The minimum Gasteiger partial charge on any atom is -0.378 e. The van der Waals surface area contributed by atoms with E-state index in [1.165, 1.54) is 0 Å². The van der Waals surface area contributed by atoms with Crippen LogP contribution in [0, 0.1) is 0 Å². The van der Waals surface area contributed by atoms with E-state index in [0.717, 1.165) is 25.9 Å². The van der Waals surface area contributed by atoms with Gasteiger partial charge in [0.1, 0.15) is 5.60 Å². The summed E-state index contributed by atoms with van der Waals surface area (Å²) < 4.78 is 64.9. The van der Waals surface area contributed by atoms with Crippen molar-refractivity contribution in [2.75, 3.05) is 102 Å². The predicted molar refractivity (Wildman–Crippen MR) is 147 cm³/mol. The minimum atomic E-state index is -3.01. The smallest absolute Gasteiger partial charge is 0.378 e. The van der Waals surface area contributed by atoms with Gasteiger partial charge in [0.05, 0.1) is 26.4 Å². The summed E-state index contributed by atoms with van der Waals surface area (Å²) in [4.78, 5) is 2.29. The van der Waals surface area contributed by atoms with Crippen LogP contribution in [0.3, 0.4) is 0 Å². The first-order valence-electron chi connectivity index (χ1n) is 13.1. The van der Waals surface area contributed by atoms with Crippen molar-refractivity contribution in [2.24, 2.45) is 0 Å². The summed E-state index contributed by atoms with van der Waals surface area (Å²) in [7, 11) is 1.38. The van der Waals surface area contributed by atoms with Gasteiger partial charge in [-0.25, -0.2) is 0 Å². The molecule has 3 rings (SSSR count). The highest BCUT2D eigenvalue weighted by Gasteiger charge is 2.52. The maximum Gasteiger partial charge on any atom is 0.505 e. The summed E-state index contributed by atoms with van der Waals surface area (Å²) in [5.74, 6) is 0. The molecule has 0 unspecified atom stereocenters. The molecular formula is C23H49NO11Si3. The molecule has 0 aliphatic carbocycles. The molecule has 2 bridgehead atoms. The average molecular weight is 600 g/mol. The molecule has 0 amide bonds. The Hall–Kier alpha value is -0.0894. The first-order chi connectivity index (χ1) is 18.3. The Bertz CT molecular complexity index is 614. The quantitative estimate of drug-likeness (QED) is 0.116. The van der Waals surface area contributed by atoms with Gasteiger partial charge in [-0.05, 0) is 12.8 Å². The zero-order valence-corrected chi connectivity index (χ0v) is 27.1. The molecule has 0 atom stereocenters. The van der Waals surface area contributed by atoms with Gasteiger partial charge >= 0.3 is 26.4 Å².